The number of aromatic nitrogens is 2. The summed E-state index contributed by atoms with van der Waals surface area (Å²) >= 11 is 0. The van der Waals surface area contributed by atoms with Crippen LogP contribution in [0.4, 0.5) is 17.3 Å². The molecular formula is C15H16N4O4S. The first-order chi connectivity index (χ1) is 11.4. The molecule has 1 unspecified atom stereocenters. The molecule has 1 aromatic heterocycles. The molecule has 1 aliphatic rings. The van der Waals surface area contributed by atoms with Gasteiger partial charge in [-0.2, -0.15) is 0 Å². The van der Waals surface area contributed by atoms with Gasteiger partial charge in [0.1, 0.15) is 18.0 Å². The van der Waals surface area contributed by atoms with Crippen LogP contribution in [0.15, 0.2) is 36.7 Å². The summed E-state index contributed by atoms with van der Waals surface area (Å²) in [6, 6.07) is 7.86. The highest BCUT2D eigenvalue weighted by atomic mass is 32.2. The van der Waals surface area contributed by atoms with Crippen molar-refractivity contribution in [2.45, 2.75) is 12.5 Å². The minimum atomic E-state index is -2.96. The van der Waals surface area contributed by atoms with Crippen molar-refractivity contribution in [2.24, 2.45) is 0 Å². The summed E-state index contributed by atoms with van der Waals surface area (Å²) < 4.78 is 23.0. The monoisotopic (exact) mass is 348 g/mol. The van der Waals surface area contributed by atoms with Gasteiger partial charge in [-0.15, -0.1) is 0 Å². The van der Waals surface area contributed by atoms with Crippen LogP contribution in [0.3, 0.4) is 0 Å². The lowest BCUT2D eigenvalue weighted by molar-refractivity contribution is 0.0697. The maximum Gasteiger partial charge on any atom is 0.335 e. The Labute approximate surface area is 138 Å². The fraction of sp³-hybridized carbons (Fsp3) is 0.267. The van der Waals surface area contributed by atoms with Gasteiger partial charge in [-0.1, -0.05) is 6.07 Å². The largest absolute Gasteiger partial charge is 0.478 e. The van der Waals surface area contributed by atoms with Crippen LogP contribution in [-0.4, -0.2) is 47.0 Å². The number of nitrogens with one attached hydrogen (secondary N) is 2. The van der Waals surface area contributed by atoms with Gasteiger partial charge in [-0.3, -0.25) is 0 Å². The van der Waals surface area contributed by atoms with Gasteiger partial charge in [0.2, 0.25) is 0 Å². The first-order valence-corrected chi connectivity index (χ1v) is 9.13. The number of rotatable bonds is 5. The molecule has 1 saturated heterocycles. The maximum atomic E-state index is 11.5. The SMILES string of the molecule is O=C(O)c1cccc(Nc2cc(NC3CCS(=O)(=O)C3)ncn2)c1. The Balaban J connectivity index is 1.71. The van der Waals surface area contributed by atoms with Gasteiger partial charge in [-0.05, 0) is 24.6 Å². The number of carboxylic acid groups (broad SMARTS) is 1. The predicted octanol–water partition coefficient (Wildman–Crippen LogP) is 1.52. The number of carbonyl (C=O) groups is 1. The third kappa shape index (κ3) is 3.99. The third-order valence-electron chi connectivity index (χ3n) is 3.63. The summed E-state index contributed by atoms with van der Waals surface area (Å²) in [6.07, 6.45) is 1.91. The van der Waals surface area contributed by atoms with Crippen molar-refractivity contribution in [3.05, 3.63) is 42.2 Å². The highest BCUT2D eigenvalue weighted by molar-refractivity contribution is 7.91. The third-order valence-corrected chi connectivity index (χ3v) is 5.40. The number of nitrogens with zero attached hydrogens (tertiary/aromatic N) is 2. The average molecular weight is 348 g/mol. The van der Waals surface area contributed by atoms with Crippen LogP contribution in [0.25, 0.3) is 0 Å². The van der Waals surface area contributed by atoms with Gasteiger partial charge in [0, 0.05) is 17.8 Å². The smallest absolute Gasteiger partial charge is 0.335 e. The fourth-order valence-corrected chi connectivity index (χ4v) is 4.17. The standard InChI is InChI=1S/C15H16N4O4S/c20-15(21)10-2-1-3-11(6-10)18-13-7-14(17-9-16-13)19-12-4-5-24(22,23)8-12/h1-3,6-7,9,12H,4-5,8H2,(H,20,21)(H2,16,17,18,19). The van der Waals surface area contributed by atoms with Gasteiger partial charge < -0.3 is 15.7 Å². The molecule has 0 radical (unpaired) electrons. The molecule has 126 valence electrons. The van der Waals surface area contributed by atoms with Crippen molar-refractivity contribution in [3.8, 4) is 0 Å². The minimum absolute atomic E-state index is 0.0976. The van der Waals surface area contributed by atoms with Gasteiger partial charge in [-0.25, -0.2) is 23.2 Å². The van der Waals surface area contributed by atoms with Crippen molar-refractivity contribution < 1.29 is 18.3 Å². The normalized spacial score (nSPS) is 18.9. The van der Waals surface area contributed by atoms with Gasteiger partial charge >= 0.3 is 5.97 Å². The quantitative estimate of drug-likeness (QED) is 0.743. The number of sulfone groups is 1. The molecule has 2 heterocycles. The van der Waals surface area contributed by atoms with Crippen LogP contribution in [0.5, 0.6) is 0 Å². The molecular weight excluding hydrogens is 332 g/mol. The Bertz CT molecular complexity index is 869. The van der Waals surface area contributed by atoms with Crippen LogP contribution in [0.2, 0.25) is 0 Å². The van der Waals surface area contributed by atoms with Crippen LogP contribution >= 0.6 is 0 Å². The zero-order valence-corrected chi connectivity index (χ0v) is 13.5. The molecule has 8 nitrogen and oxygen atoms in total. The number of benzene rings is 1. The topological polar surface area (TPSA) is 121 Å². The van der Waals surface area contributed by atoms with Crippen LogP contribution in [0, 0.1) is 0 Å². The molecule has 1 aliphatic heterocycles. The van der Waals surface area contributed by atoms with E-state index >= 15 is 0 Å². The van der Waals surface area contributed by atoms with Gasteiger partial charge in [0.05, 0.1) is 17.1 Å². The maximum absolute atomic E-state index is 11.5. The van der Waals surface area contributed by atoms with Crippen molar-refractivity contribution in [1.29, 1.82) is 0 Å². The summed E-state index contributed by atoms with van der Waals surface area (Å²) in [5.41, 5.74) is 0.756. The summed E-state index contributed by atoms with van der Waals surface area (Å²) in [4.78, 5) is 19.2. The molecule has 1 atom stereocenters. The van der Waals surface area contributed by atoms with E-state index < -0.39 is 15.8 Å². The summed E-state index contributed by atoms with van der Waals surface area (Å²) in [6.45, 7) is 0. The van der Waals surface area contributed by atoms with E-state index in [1.54, 1.807) is 18.2 Å². The second-order valence-electron chi connectivity index (χ2n) is 5.54. The first kappa shape index (κ1) is 16.2. The van der Waals surface area contributed by atoms with E-state index in [9.17, 15) is 13.2 Å². The van der Waals surface area contributed by atoms with E-state index in [1.165, 1.54) is 18.5 Å². The molecule has 0 spiro atoms. The number of carboxylic acids is 1. The molecule has 1 aromatic carbocycles. The molecule has 2 aromatic rings. The zero-order valence-electron chi connectivity index (χ0n) is 12.6. The zero-order chi connectivity index (χ0) is 17.2. The molecule has 1 fully saturated rings. The second kappa shape index (κ2) is 6.44. The number of anilines is 3. The Morgan fingerprint density at radius 3 is 2.71 bits per heavy atom. The lowest BCUT2D eigenvalue weighted by Crippen LogP contribution is -2.21. The highest BCUT2D eigenvalue weighted by Crippen LogP contribution is 2.20. The Morgan fingerprint density at radius 2 is 2.00 bits per heavy atom. The average Bonchev–Trinajstić information content (AvgIpc) is 2.86. The molecule has 0 aliphatic carbocycles. The molecule has 0 bridgehead atoms. The van der Waals surface area contributed by atoms with Crippen molar-refractivity contribution >= 4 is 33.1 Å². The Morgan fingerprint density at radius 1 is 1.21 bits per heavy atom. The van der Waals surface area contributed by atoms with E-state index in [-0.39, 0.29) is 23.1 Å². The molecule has 0 saturated carbocycles. The van der Waals surface area contributed by atoms with Crippen molar-refractivity contribution in [3.63, 3.8) is 0 Å². The van der Waals surface area contributed by atoms with E-state index in [1.807, 2.05) is 0 Å². The first-order valence-electron chi connectivity index (χ1n) is 7.31. The van der Waals surface area contributed by atoms with Crippen LogP contribution in [-0.2, 0) is 9.84 Å². The number of hydrogen-bond acceptors (Lipinski definition) is 7. The fourth-order valence-electron chi connectivity index (χ4n) is 2.50. The summed E-state index contributed by atoms with van der Waals surface area (Å²) in [5.74, 6) is 0.273. The Hall–Kier alpha value is -2.68. The van der Waals surface area contributed by atoms with Crippen molar-refractivity contribution in [2.75, 3.05) is 22.1 Å². The van der Waals surface area contributed by atoms with Crippen molar-refractivity contribution in [1.82, 2.24) is 9.97 Å². The Kier molecular flexibility index (Phi) is 4.34. The number of aromatic carboxylic acids is 1. The van der Waals surface area contributed by atoms with Gasteiger partial charge in [0.25, 0.3) is 0 Å². The highest BCUT2D eigenvalue weighted by Gasteiger charge is 2.27. The molecule has 0 amide bonds. The van der Waals surface area contributed by atoms with E-state index in [4.69, 9.17) is 5.11 Å². The lowest BCUT2D eigenvalue weighted by Gasteiger charge is -2.12. The van der Waals surface area contributed by atoms with E-state index in [0.717, 1.165) is 0 Å². The predicted molar refractivity (Wildman–Crippen MR) is 89.4 cm³/mol. The van der Waals surface area contributed by atoms with Gasteiger partial charge in [0.15, 0.2) is 9.84 Å². The number of hydrogen-bond donors (Lipinski definition) is 3. The van der Waals surface area contributed by atoms with E-state index in [0.29, 0.717) is 23.7 Å². The molecule has 3 N–H and O–H groups in total. The second-order valence-corrected chi connectivity index (χ2v) is 7.77. The summed E-state index contributed by atoms with van der Waals surface area (Å²) in [5, 5.41) is 15.1. The van der Waals surface area contributed by atoms with Crippen LogP contribution in [0.1, 0.15) is 16.8 Å². The molecule has 3 rings (SSSR count). The minimum Gasteiger partial charge on any atom is -0.478 e. The summed E-state index contributed by atoms with van der Waals surface area (Å²) in [7, 11) is -2.96. The molecule has 9 heteroatoms. The van der Waals surface area contributed by atoms with Crippen LogP contribution < -0.4 is 10.6 Å². The lowest BCUT2D eigenvalue weighted by atomic mass is 10.2. The molecule has 24 heavy (non-hydrogen) atoms. The van der Waals surface area contributed by atoms with E-state index in [2.05, 4.69) is 20.6 Å².